The fraction of sp³-hybridized carbons (Fsp3) is 0.560. The number of rotatable bonds is 13. The lowest BCUT2D eigenvalue weighted by molar-refractivity contribution is -0.149. The number of imidazole rings is 1. The lowest BCUT2D eigenvalue weighted by Crippen LogP contribution is -2.51. The SMILES string of the molecule is CCOC(=O)CN(C(=O)[C@H](CCCNc1ncc[nH]1)NS(=O)(=O)c1cccc2c1NCC(C)C2)C1CC1. The standard InChI is InChI=1S/C25H36N6O5S/c1-3-36-22(32)16-31(19-9-10-19)24(33)20(7-5-11-26-25-27-12-13-28-25)30-37(34,35)21-8-4-6-18-14-17(2)15-29-23(18)21/h4,6,8,12-13,17,19-20,29-30H,3,5,7,9-11,14-16H2,1-2H3,(H2,26,27,28)/t17?,20-/m0/s1. The molecule has 1 amide bonds. The number of hydrogen-bond donors (Lipinski definition) is 4. The van der Waals surface area contributed by atoms with Crippen LogP contribution in [0.4, 0.5) is 11.6 Å². The van der Waals surface area contributed by atoms with Crippen LogP contribution in [0, 0.1) is 5.92 Å². The normalized spacial score (nSPS) is 17.8. The molecule has 12 heteroatoms. The van der Waals surface area contributed by atoms with Gasteiger partial charge >= 0.3 is 5.97 Å². The molecule has 37 heavy (non-hydrogen) atoms. The second-order valence-corrected chi connectivity index (χ2v) is 11.3. The highest BCUT2D eigenvalue weighted by Crippen LogP contribution is 2.32. The van der Waals surface area contributed by atoms with E-state index >= 15 is 0 Å². The number of sulfonamides is 1. The summed E-state index contributed by atoms with van der Waals surface area (Å²) in [5.41, 5.74) is 1.53. The van der Waals surface area contributed by atoms with E-state index in [1.807, 2.05) is 6.07 Å². The molecular weight excluding hydrogens is 496 g/mol. The number of hydrogen-bond acceptors (Lipinski definition) is 8. The number of aromatic nitrogens is 2. The van der Waals surface area contributed by atoms with Crippen molar-refractivity contribution in [2.45, 2.75) is 62.9 Å². The van der Waals surface area contributed by atoms with Crippen LogP contribution in [0.1, 0.15) is 45.1 Å². The maximum Gasteiger partial charge on any atom is 0.325 e. The van der Waals surface area contributed by atoms with Crippen LogP contribution < -0.4 is 15.4 Å². The molecule has 1 aliphatic heterocycles. The zero-order chi connectivity index (χ0) is 26.4. The molecule has 4 rings (SSSR count). The van der Waals surface area contributed by atoms with E-state index in [0.29, 0.717) is 37.1 Å². The monoisotopic (exact) mass is 532 g/mol. The van der Waals surface area contributed by atoms with Gasteiger partial charge in [0.1, 0.15) is 17.5 Å². The van der Waals surface area contributed by atoms with Crippen LogP contribution in [-0.4, -0.2) is 73.5 Å². The number of H-pyrrole nitrogens is 1. The average Bonchev–Trinajstić information content (AvgIpc) is 3.58. The zero-order valence-electron chi connectivity index (χ0n) is 21.3. The number of ether oxygens (including phenoxy) is 1. The van der Waals surface area contributed by atoms with Crippen molar-refractivity contribution in [3.8, 4) is 0 Å². The number of benzene rings is 1. The van der Waals surface area contributed by atoms with Gasteiger partial charge in [-0.2, -0.15) is 4.72 Å². The Balaban J connectivity index is 1.53. The first-order valence-corrected chi connectivity index (χ1v) is 14.3. The molecule has 1 fully saturated rings. The number of fused-ring (bicyclic) bond motifs is 1. The number of aromatic amines is 1. The van der Waals surface area contributed by atoms with E-state index in [4.69, 9.17) is 4.74 Å². The fourth-order valence-corrected chi connectivity index (χ4v) is 6.02. The molecule has 0 radical (unpaired) electrons. The van der Waals surface area contributed by atoms with Crippen molar-refractivity contribution < 1.29 is 22.7 Å². The Bertz CT molecular complexity index is 1180. The van der Waals surface area contributed by atoms with Crippen molar-refractivity contribution in [1.82, 2.24) is 19.6 Å². The molecule has 0 saturated heterocycles. The number of nitrogens with one attached hydrogen (secondary N) is 4. The number of para-hydroxylation sites is 1. The summed E-state index contributed by atoms with van der Waals surface area (Å²) in [7, 11) is -4.04. The van der Waals surface area contributed by atoms with Gasteiger partial charge in [-0.15, -0.1) is 0 Å². The maximum absolute atomic E-state index is 13.7. The molecule has 1 saturated carbocycles. The van der Waals surface area contributed by atoms with E-state index in [-0.39, 0.29) is 30.5 Å². The van der Waals surface area contributed by atoms with E-state index in [1.54, 1.807) is 31.5 Å². The number of anilines is 2. The average molecular weight is 533 g/mol. The lowest BCUT2D eigenvalue weighted by atomic mass is 9.96. The number of esters is 1. The molecule has 202 valence electrons. The van der Waals surface area contributed by atoms with Gasteiger partial charge in [0, 0.05) is 31.5 Å². The third-order valence-corrected chi connectivity index (χ3v) is 8.04. The van der Waals surface area contributed by atoms with Crippen LogP contribution in [0.25, 0.3) is 0 Å². The highest BCUT2D eigenvalue weighted by Gasteiger charge is 2.39. The van der Waals surface area contributed by atoms with Gasteiger partial charge in [-0.1, -0.05) is 19.1 Å². The number of amides is 1. The van der Waals surface area contributed by atoms with Crippen LogP contribution in [-0.2, 0) is 30.8 Å². The van der Waals surface area contributed by atoms with Crippen molar-refractivity contribution in [2.24, 2.45) is 5.92 Å². The van der Waals surface area contributed by atoms with Gasteiger partial charge in [-0.3, -0.25) is 9.59 Å². The summed E-state index contributed by atoms with van der Waals surface area (Å²) >= 11 is 0. The molecule has 1 aliphatic carbocycles. The van der Waals surface area contributed by atoms with Crippen LogP contribution in [0.3, 0.4) is 0 Å². The predicted molar refractivity (Wildman–Crippen MR) is 140 cm³/mol. The quantitative estimate of drug-likeness (QED) is 0.227. The molecule has 2 atom stereocenters. The van der Waals surface area contributed by atoms with E-state index in [0.717, 1.165) is 24.8 Å². The summed E-state index contributed by atoms with van der Waals surface area (Å²) in [6.07, 6.45) is 6.40. The minimum atomic E-state index is -4.04. The summed E-state index contributed by atoms with van der Waals surface area (Å²) in [6, 6.07) is 4.10. The van der Waals surface area contributed by atoms with Crippen LogP contribution in [0.15, 0.2) is 35.5 Å². The summed E-state index contributed by atoms with van der Waals surface area (Å²) in [4.78, 5) is 34.5. The number of nitrogens with zero attached hydrogens (tertiary/aromatic N) is 2. The topological polar surface area (TPSA) is 146 Å². The van der Waals surface area contributed by atoms with Gasteiger partial charge in [0.15, 0.2) is 5.95 Å². The Hall–Kier alpha value is -3.12. The van der Waals surface area contributed by atoms with Crippen LogP contribution >= 0.6 is 0 Å². The van der Waals surface area contributed by atoms with Crippen molar-refractivity contribution >= 4 is 33.5 Å². The zero-order valence-corrected chi connectivity index (χ0v) is 22.1. The largest absolute Gasteiger partial charge is 0.465 e. The minimum absolute atomic E-state index is 0.0854. The second kappa shape index (κ2) is 12.0. The lowest BCUT2D eigenvalue weighted by Gasteiger charge is -2.29. The van der Waals surface area contributed by atoms with E-state index in [2.05, 4.69) is 32.2 Å². The Labute approximate surface area is 217 Å². The first-order valence-electron chi connectivity index (χ1n) is 12.9. The van der Waals surface area contributed by atoms with Crippen LogP contribution in [0.2, 0.25) is 0 Å². The molecule has 0 spiro atoms. The van der Waals surface area contributed by atoms with Crippen molar-refractivity contribution in [1.29, 1.82) is 0 Å². The fourth-order valence-electron chi connectivity index (χ4n) is 4.57. The Kier molecular flexibility index (Phi) is 8.70. The number of carbonyl (C=O) groups is 2. The molecule has 4 N–H and O–H groups in total. The molecule has 11 nitrogen and oxygen atoms in total. The first kappa shape index (κ1) is 26.9. The maximum atomic E-state index is 13.7. The first-order chi connectivity index (χ1) is 17.8. The molecular formula is C25H36N6O5S. The third-order valence-electron chi connectivity index (χ3n) is 6.53. The van der Waals surface area contributed by atoms with Gasteiger partial charge in [-0.05, 0) is 56.6 Å². The van der Waals surface area contributed by atoms with Gasteiger partial charge in [-0.25, -0.2) is 13.4 Å². The van der Waals surface area contributed by atoms with E-state index in [9.17, 15) is 18.0 Å². The summed E-state index contributed by atoms with van der Waals surface area (Å²) in [5.74, 6) is 0.0776. The van der Waals surface area contributed by atoms with E-state index in [1.165, 1.54) is 4.90 Å². The molecule has 1 aromatic carbocycles. The van der Waals surface area contributed by atoms with Crippen molar-refractivity contribution in [3.05, 3.63) is 36.2 Å². The van der Waals surface area contributed by atoms with E-state index < -0.39 is 27.9 Å². The molecule has 2 heterocycles. The van der Waals surface area contributed by atoms with Gasteiger partial charge in [0.2, 0.25) is 15.9 Å². The molecule has 1 unspecified atom stereocenters. The highest BCUT2D eigenvalue weighted by atomic mass is 32.2. The minimum Gasteiger partial charge on any atom is -0.465 e. The second-order valence-electron chi connectivity index (χ2n) is 9.66. The summed E-state index contributed by atoms with van der Waals surface area (Å²) < 4.78 is 34.9. The molecule has 2 aromatic rings. The Morgan fingerprint density at radius 3 is 2.81 bits per heavy atom. The Morgan fingerprint density at radius 1 is 1.30 bits per heavy atom. The van der Waals surface area contributed by atoms with Gasteiger partial charge in [0.25, 0.3) is 0 Å². The molecule has 1 aromatic heterocycles. The number of carbonyl (C=O) groups excluding carboxylic acids is 2. The highest BCUT2D eigenvalue weighted by molar-refractivity contribution is 7.89. The van der Waals surface area contributed by atoms with Crippen molar-refractivity contribution in [3.63, 3.8) is 0 Å². The van der Waals surface area contributed by atoms with Crippen molar-refractivity contribution in [2.75, 3.05) is 36.9 Å². The van der Waals surface area contributed by atoms with Crippen LogP contribution in [0.5, 0.6) is 0 Å². The third kappa shape index (κ3) is 7.01. The molecule has 2 aliphatic rings. The predicted octanol–water partition coefficient (Wildman–Crippen LogP) is 2.11. The molecule has 0 bridgehead atoms. The summed E-state index contributed by atoms with van der Waals surface area (Å²) in [6.45, 7) is 5.00. The van der Waals surface area contributed by atoms with Gasteiger partial charge in [0.05, 0.1) is 12.3 Å². The summed E-state index contributed by atoms with van der Waals surface area (Å²) in [5, 5.41) is 6.37. The smallest absolute Gasteiger partial charge is 0.325 e. The van der Waals surface area contributed by atoms with Gasteiger partial charge < -0.3 is 25.3 Å². The Morgan fingerprint density at radius 2 is 2.11 bits per heavy atom.